The first-order chi connectivity index (χ1) is 15.1. The smallest absolute Gasteiger partial charge is 0.237 e. The van der Waals surface area contributed by atoms with Crippen molar-refractivity contribution < 1.29 is 4.79 Å². The summed E-state index contributed by atoms with van der Waals surface area (Å²) in [5.41, 5.74) is 2.36. The summed E-state index contributed by atoms with van der Waals surface area (Å²) in [6.07, 6.45) is 10.4. The number of carbonyl (C=O) groups is 1. The molecule has 4 rings (SSSR count). The minimum Gasteiger partial charge on any atom is -0.373 e. The van der Waals surface area contributed by atoms with Crippen LogP contribution >= 0.6 is 0 Å². The van der Waals surface area contributed by atoms with Crippen LogP contribution in [0.2, 0.25) is 0 Å². The summed E-state index contributed by atoms with van der Waals surface area (Å²) in [4.78, 5) is 28.0. The molecule has 31 heavy (non-hydrogen) atoms. The van der Waals surface area contributed by atoms with Crippen LogP contribution in [-0.2, 0) is 17.8 Å². The maximum atomic E-state index is 13.5. The Balaban J connectivity index is 1.54. The molecule has 1 amide bonds. The van der Waals surface area contributed by atoms with Gasteiger partial charge in [-0.25, -0.2) is 9.97 Å². The third-order valence-corrected chi connectivity index (χ3v) is 7.25. The van der Waals surface area contributed by atoms with E-state index in [9.17, 15) is 4.79 Å². The van der Waals surface area contributed by atoms with Gasteiger partial charge >= 0.3 is 0 Å². The van der Waals surface area contributed by atoms with Crippen LogP contribution in [0.5, 0.6) is 0 Å². The molecule has 0 aromatic carbocycles. The first kappa shape index (κ1) is 22.5. The molecule has 1 aromatic heterocycles. The fraction of sp³-hybridized carbons (Fsp3) is 0.792. The topological polar surface area (TPSA) is 73.4 Å². The highest BCUT2D eigenvalue weighted by atomic mass is 16.2. The van der Waals surface area contributed by atoms with Gasteiger partial charge in [0.2, 0.25) is 5.91 Å². The maximum Gasteiger partial charge on any atom is 0.237 e. The van der Waals surface area contributed by atoms with Crippen LogP contribution in [0.3, 0.4) is 0 Å². The first-order valence-electron chi connectivity index (χ1n) is 12.4. The number of fused-ring (bicyclic) bond motifs is 1. The summed E-state index contributed by atoms with van der Waals surface area (Å²) >= 11 is 0. The van der Waals surface area contributed by atoms with Crippen LogP contribution in [0, 0.1) is 0 Å². The van der Waals surface area contributed by atoms with E-state index >= 15 is 0 Å². The second-order valence-corrected chi connectivity index (χ2v) is 9.70. The Morgan fingerprint density at radius 3 is 2.68 bits per heavy atom. The Bertz CT molecular complexity index is 743. The van der Waals surface area contributed by atoms with Crippen molar-refractivity contribution in [2.75, 3.05) is 32.0 Å². The van der Waals surface area contributed by atoms with Crippen LogP contribution < -0.4 is 10.6 Å². The molecule has 0 unspecified atom stereocenters. The van der Waals surface area contributed by atoms with Gasteiger partial charge in [0.15, 0.2) is 0 Å². The van der Waals surface area contributed by atoms with E-state index in [0.717, 1.165) is 69.1 Å². The van der Waals surface area contributed by atoms with Crippen LogP contribution in [0.25, 0.3) is 0 Å². The number of aromatic nitrogens is 2. The Hall–Kier alpha value is -1.73. The van der Waals surface area contributed by atoms with Crippen molar-refractivity contribution in [3.05, 3.63) is 17.1 Å². The number of carbonyl (C=O) groups excluding carboxylic acids is 1. The van der Waals surface area contributed by atoms with Crippen LogP contribution in [0.15, 0.2) is 0 Å². The van der Waals surface area contributed by atoms with E-state index in [-0.39, 0.29) is 18.0 Å². The van der Waals surface area contributed by atoms with Crippen molar-refractivity contribution >= 4 is 11.7 Å². The summed E-state index contributed by atoms with van der Waals surface area (Å²) in [5.74, 6) is 2.12. The lowest BCUT2D eigenvalue weighted by Crippen LogP contribution is -2.51. The van der Waals surface area contributed by atoms with Crippen LogP contribution in [-0.4, -0.2) is 64.4 Å². The van der Waals surface area contributed by atoms with Crippen molar-refractivity contribution in [2.24, 2.45) is 0 Å². The van der Waals surface area contributed by atoms with E-state index in [4.69, 9.17) is 9.97 Å². The minimum absolute atomic E-state index is 0.123. The van der Waals surface area contributed by atoms with Gasteiger partial charge in [0.25, 0.3) is 0 Å². The molecule has 1 atom stereocenters. The SMILES string of the molecule is CNc1nc([C@H]2CCCCN2CC(=O)N(C(C)C)C2CCCCC2)nc2c1CCNC2. The number of nitrogens with zero attached hydrogens (tertiary/aromatic N) is 4. The molecule has 1 saturated carbocycles. The van der Waals surface area contributed by atoms with Crippen LogP contribution in [0.1, 0.15) is 88.3 Å². The van der Waals surface area contributed by atoms with Gasteiger partial charge in [0.1, 0.15) is 11.6 Å². The van der Waals surface area contributed by atoms with Crippen molar-refractivity contribution in [3.63, 3.8) is 0 Å². The average Bonchev–Trinajstić information content (AvgIpc) is 2.79. The molecule has 7 heteroatoms. The van der Waals surface area contributed by atoms with E-state index in [1.807, 2.05) is 7.05 Å². The highest BCUT2D eigenvalue weighted by molar-refractivity contribution is 5.79. The number of anilines is 1. The second-order valence-electron chi connectivity index (χ2n) is 9.70. The van der Waals surface area contributed by atoms with E-state index in [1.165, 1.54) is 31.2 Å². The molecule has 1 saturated heterocycles. The summed E-state index contributed by atoms with van der Waals surface area (Å²) in [6.45, 7) is 7.53. The summed E-state index contributed by atoms with van der Waals surface area (Å²) in [6, 6.07) is 0.782. The third-order valence-electron chi connectivity index (χ3n) is 7.25. The first-order valence-corrected chi connectivity index (χ1v) is 12.4. The zero-order valence-corrected chi connectivity index (χ0v) is 19.6. The second kappa shape index (κ2) is 10.3. The van der Waals surface area contributed by atoms with Gasteiger partial charge in [0, 0.05) is 31.2 Å². The zero-order chi connectivity index (χ0) is 21.8. The molecular weight excluding hydrogens is 388 g/mol. The molecule has 0 radical (unpaired) electrons. The van der Waals surface area contributed by atoms with Gasteiger partial charge in [-0.1, -0.05) is 25.7 Å². The van der Waals surface area contributed by atoms with E-state index in [0.29, 0.717) is 12.6 Å². The molecule has 1 aliphatic carbocycles. The number of nitrogens with one attached hydrogen (secondary N) is 2. The summed E-state index contributed by atoms with van der Waals surface area (Å²) < 4.78 is 0. The Kier molecular flexibility index (Phi) is 7.43. The summed E-state index contributed by atoms with van der Waals surface area (Å²) in [5, 5.41) is 6.73. The summed E-state index contributed by atoms with van der Waals surface area (Å²) in [7, 11) is 1.95. The van der Waals surface area contributed by atoms with Crippen molar-refractivity contribution in [2.45, 2.75) is 96.3 Å². The molecule has 2 N–H and O–H groups in total. The highest BCUT2D eigenvalue weighted by Gasteiger charge is 2.33. The molecule has 2 aliphatic heterocycles. The number of amides is 1. The molecule has 0 bridgehead atoms. The predicted molar refractivity (Wildman–Crippen MR) is 124 cm³/mol. The highest BCUT2D eigenvalue weighted by Crippen LogP contribution is 2.32. The average molecular weight is 429 g/mol. The lowest BCUT2D eigenvalue weighted by atomic mass is 9.93. The monoisotopic (exact) mass is 428 g/mol. The normalized spacial score (nSPS) is 22.9. The van der Waals surface area contributed by atoms with Crippen LogP contribution in [0.4, 0.5) is 5.82 Å². The van der Waals surface area contributed by atoms with Gasteiger partial charge in [-0.15, -0.1) is 0 Å². The van der Waals surface area contributed by atoms with Crippen molar-refractivity contribution in [1.82, 2.24) is 25.1 Å². The largest absolute Gasteiger partial charge is 0.373 e. The molecule has 0 spiro atoms. The van der Waals surface area contributed by atoms with E-state index in [1.54, 1.807) is 0 Å². The standard InChI is InChI=1S/C24H40N6O/c1-17(2)30(18-9-5-4-6-10-18)22(31)16-29-14-8-7-11-21(29)24-27-20-15-26-13-12-19(20)23(25-3)28-24/h17-18,21,26H,4-16H2,1-3H3,(H,25,27,28)/t21-/m1/s1. The lowest BCUT2D eigenvalue weighted by molar-refractivity contribution is -0.138. The Morgan fingerprint density at radius 1 is 1.16 bits per heavy atom. The minimum atomic E-state index is 0.123. The van der Waals surface area contributed by atoms with Gasteiger partial charge in [0.05, 0.1) is 18.3 Å². The number of hydrogen-bond donors (Lipinski definition) is 2. The third kappa shape index (κ3) is 5.03. The molecular formula is C24H40N6O. The number of hydrogen-bond acceptors (Lipinski definition) is 6. The predicted octanol–water partition coefficient (Wildman–Crippen LogP) is 3.26. The van der Waals surface area contributed by atoms with Crippen molar-refractivity contribution in [3.8, 4) is 0 Å². The number of piperidine rings is 1. The Labute approximate surface area is 187 Å². The molecule has 172 valence electrons. The number of likely N-dealkylation sites (tertiary alicyclic amines) is 1. The van der Waals surface area contributed by atoms with Gasteiger partial charge < -0.3 is 15.5 Å². The molecule has 1 aromatic rings. The fourth-order valence-corrected chi connectivity index (χ4v) is 5.73. The Morgan fingerprint density at radius 2 is 1.94 bits per heavy atom. The van der Waals surface area contributed by atoms with Gasteiger partial charge in [-0.2, -0.15) is 0 Å². The van der Waals surface area contributed by atoms with Crippen molar-refractivity contribution in [1.29, 1.82) is 0 Å². The number of rotatable bonds is 6. The van der Waals surface area contributed by atoms with Gasteiger partial charge in [-0.05, 0) is 59.0 Å². The van der Waals surface area contributed by atoms with Gasteiger partial charge in [-0.3, -0.25) is 9.69 Å². The molecule has 2 fully saturated rings. The zero-order valence-electron chi connectivity index (χ0n) is 19.6. The molecule has 3 heterocycles. The lowest BCUT2D eigenvalue weighted by Gasteiger charge is -2.40. The quantitative estimate of drug-likeness (QED) is 0.725. The van der Waals surface area contributed by atoms with E-state index < -0.39 is 0 Å². The molecule has 3 aliphatic rings. The maximum absolute atomic E-state index is 13.5. The molecule has 7 nitrogen and oxygen atoms in total. The van der Waals surface area contributed by atoms with E-state index in [2.05, 4.69) is 34.3 Å². The fourth-order valence-electron chi connectivity index (χ4n) is 5.73.